The van der Waals surface area contributed by atoms with E-state index in [1.165, 1.54) is 6.42 Å². The van der Waals surface area contributed by atoms with Gasteiger partial charge in [-0.2, -0.15) is 0 Å². The van der Waals surface area contributed by atoms with E-state index in [0.717, 1.165) is 6.42 Å². The molecule has 4 nitrogen and oxygen atoms in total. The van der Waals surface area contributed by atoms with Crippen LogP contribution in [0.2, 0.25) is 0 Å². The zero-order valence-corrected chi connectivity index (χ0v) is 10.6. The van der Waals surface area contributed by atoms with E-state index in [4.69, 9.17) is 9.47 Å². The molecule has 18 heavy (non-hydrogen) atoms. The number of esters is 2. The monoisotopic (exact) mass is 249 g/mol. The fourth-order valence-electron chi connectivity index (χ4n) is 1.26. The fourth-order valence-corrected chi connectivity index (χ4v) is 1.26. The van der Waals surface area contributed by atoms with Gasteiger partial charge in [-0.15, -0.1) is 0 Å². The van der Waals surface area contributed by atoms with Crippen molar-refractivity contribution in [1.29, 1.82) is 0 Å². The lowest BCUT2D eigenvalue weighted by atomic mass is 10.2. The van der Waals surface area contributed by atoms with Gasteiger partial charge in [-0.1, -0.05) is 13.8 Å². The van der Waals surface area contributed by atoms with Gasteiger partial charge in [0.1, 0.15) is 5.75 Å². The molecule has 0 saturated heterocycles. The minimum Gasteiger partial charge on any atom is -0.462 e. The number of hydrogen-bond acceptors (Lipinski definition) is 4. The number of ether oxygens (including phenoxy) is 2. The third kappa shape index (κ3) is 4.57. The molecule has 0 aliphatic carbocycles. The molecule has 0 amide bonds. The lowest BCUT2D eigenvalue weighted by molar-refractivity contribution is -0.130. The predicted octanol–water partition coefficient (Wildman–Crippen LogP) is 2.77. The van der Waals surface area contributed by atoms with E-state index < -0.39 is 0 Å². The summed E-state index contributed by atoms with van der Waals surface area (Å²) in [6.07, 6.45) is 2.86. The highest BCUT2D eigenvalue weighted by Crippen LogP contribution is 2.13. The van der Waals surface area contributed by atoms with E-state index in [9.17, 15) is 9.59 Å². The minimum atomic E-state index is -0.390. The van der Waals surface area contributed by atoms with Crippen LogP contribution < -0.4 is 4.74 Å². The van der Waals surface area contributed by atoms with Crippen LogP contribution in [0.4, 0.5) is 0 Å². The maximum atomic E-state index is 11.5. The van der Waals surface area contributed by atoms with Crippen molar-refractivity contribution in [3.05, 3.63) is 36.2 Å². The van der Waals surface area contributed by atoms with Gasteiger partial charge in [0, 0.05) is 0 Å². The minimum absolute atomic E-state index is 0.366. The summed E-state index contributed by atoms with van der Waals surface area (Å²) in [6, 6.07) is 6.30. The SMILES string of the molecule is CC[CH]C(=O)Oc1ccc(C(=O)OCCC)cc1. The van der Waals surface area contributed by atoms with Crippen molar-refractivity contribution in [3.8, 4) is 5.75 Å². The summed E-state index contributed by atoms with van der Waals surface area (Å²) in [4.78, 5) is 22.7. The van der Waals surface area contributed by atoms with E-state index >= 15 is 0 Å². The van der Waals surface area contributed by atoms with E-state index in [-0.39, 0.29) is 11.9 Å². The molecular weight excluding hydrogens is 232 g/mol. The Hall–Kier alpha value is -1.84. The third-order valence-corrected chi connectivity index (χ3v) is 2.12. The van der Waals surface area contributed by atoms with Crippen LogP contribution in [0.1, 0.15) is 37.0 Å². The third-order valence-electron chi connectivity index (χ3n) is 2.12. The molecule has 0 aromatic heterocycles. The van der Waals surface area contributed by atoms with Crippen LogP contribution in [0.5, 0.6) is 5.75 Å². The molecule has 1 rings (SSSR count). The number of carbonyl (C=O) groups excluding carboxylic acids is 2. The number of benzene rings is 1. The molecule has 0 fully saturated rings. The van der Waals surface area contributed by atoms with Crippen LogP contribution >= 0.6 is 0 Å². The first-order chi connectivity index (χ1) is 8.67. The highest BCUT2D eigenvalue weighted by atomic mass is 16.5. The summed E-state index contributed by atoms with van der Waals surface area (Å²) in [5.41, 5.74) is 0.447. The Morgan fingerprint density at radius 2 is 1.83 bits per heavy atom. The van der Waals surface area contributed by atoms with Gasteiger partial charge < -0.3 is 9.47 Å². The van der Waals surface area contributed by atoms with Gasteiger partial charge in [-0.05, 0) is 37.1 Å². The second-order valence-electron chi connectivity index (χ2n) is 3.69. The van der Waals surface area contributed by atoms with Crippen molar-refractivity contribution in [1.82, 2.24) is 0 Å². The van der Waals surface area contributed by atoms with Crippen molar-refractivity contribution in [2.45, 2.75) is 26.7 Å². The van der Waals surface area contributed by atoms with Gasteiger partial charge in [0.15, 0.2) is 0 Å². The van der Waals surface area contributed by atoms with Gasteiger partial charge >= 0.3 is 11.9 Å². The second-order valence-corrected chi connectivity index (χ2v) is 3.69. The molecule has 4 heteroatoms. The predicted molar refractivity (Wildman–Crippen MR) is 67.2 cm³/mol. The Kier molecular flexibility index (Phi) is 5.91. The summed E-state index contributed by atoms with van der Waals surface area (Å²) in [7, 11) is 0. The molecule has 0 aliphatic rings. The molecule has 0 aliphatic heterocycles. The van der Waals surface area contributed by atoms with Crippen molar-refractivity contribution >= 4 is 11.9 Å². The quantitative estimate of drug-likeness (QED) is 0.574. The molecule has 0 saturated carbocycles. The van der Waals surface area contributed by atoms with Crippen LogP contribution in [0.15, 0.2) is 24.3 Å². The summed E-state index contributed by atoms with van der Waals surface area (Å²) in [5, 5.41) is 0. The maximum absolute atomic E-state index is 11.5. The average Bonchev–Trinajstić information content (AvgIpc) is 2.37. The zero-order valence-electron chi connectivity index (χ0n) is 10.6. The second kappa shape index (κ2) is 7.48. The van der Waals surface area contributed by atoms with E-state index in [2.05, 4.69) is 0 Å². The Bertz CT molecular complexity index is 395. The normalized spacial score (nSPS) is 9.89. The first kappa shape index (κ1) is 14.2. The van der Waals surface area contributed by atoms with Gasteiger partial charge in [-0.25, -0.2) is 4.79 Å². The molecule has 0 unspecified atom stereocenters. The number of carbonyl (C=O) groups is 2. The smallest absolute Gasteiger partial charge is 0.338 e. The summed E-state index contributed by atoms with van der Waals surface area (Å²) in [5.74, 6) is -0.342. The van der Waals surface area contributed by atoms with Crippen LogP contribution in [-0.2, 0) is 9.53 Å². The van der Waals surface area contributed by atoms with Crippen molar-refractivity contribution in [3.63, 3.8) is 0 Å². The molecule has 0 bridgehead atoms. The molecule has 0 heterocycles. The average molecular weight is 249 g/mol. The van der Waals surface area contributed by atoms with Crippen molar-refractivity contribution in [2.24, 2.45) is 0 Å². The summed E-state index contributed by atoms with van der Waals surface area (Å²) in [6.45, 7) is 4.19. The largest absolute Gasteiger partial charge is 0.462 e. The first-order valence-corrected chi connectivity index (χ1v) is 5.99. The summed E-state index contributed by atoms with van der Waals surface area (Å²) >= 11 is 0. The van der Waals surface area contributed by atoms with Crippen molar-refractivity contribution < 1.29 is 19.1 Å². The van der Waals surface area contributed by atoms with Crippen LogP contribution in [0, 0.1) is 6.42 Å². The zero-order chi connectivity index (χ0) is 13.4. The standard InChI is InChI=1S/C14H17O4/c1-3-5-13(15)18-12-8-6-11(7-9-12)14(16)17-10-4-2/h5-9H,3-4,10H2,1-2H3. The molecule has 0 spiro atoms. The number of hydrogen-bond donors (Lipinski definition) is 0. The van der Waals surface area contributed by atoms with E-state index in [1.807, 2.05) is 13.8 Å². The van der Waals surface area contributed by atoms with Crippen LogP contribution in [0.3, 0.4) is 0 Å². The first-order valence-electron chi connectivity index (χ1n) is 5.99. The molecule has 97 valence electrons. The molecule has 1 radical (unpaired) electrons. The Balaban J connectivity index is 2.57. The van der Waals surface area contributed by atoms with Gasteiger partial charge in [0.25, 0.3) is 0 Å². The van der Waals surface area contributed by atoms with Crippen LogP contribution in [-0.4, -0.2) is 18.5 Å². The Labute approximate surface area is 107 Å². The van der Waals surface area contributed by atoms with Crippen molar-refractivity contribution in [2.75, 3.05) is 6.61 Å². The lowest BCUT2D eigenvalue weighted by Gasteiger charge is -2.05. The van der Waals surface area contributed by atoms with Gasteiger partial charge in [0.05, 0.1) is 18.6 Å². The highest BCUT2D eigenvalue weighted by molar-refractivity contribution is 5.89. The Morgan fingerprint density at radius 1 is 1.17 bits per heavy atom. The molecule has 0 atom stereocenters. The Morgan fingerprint density at radius 3 is 2.39 bits per heavy atom. The molecule has 0 N–H and O–H groups in total. The lowest BCUT2D eigenvalue weighted by Crippen LogP contribution is -2.08. The molecular formula is C14H17O4. The van der Waals surface area contributed by atoms with Crippen LogP contribution in [0.25, 0.3) is 0 Å². The molecule has 1 aromatic carbocycles. The van der Waals surface area contributed by atoms with Gasteiger partial charge in [-0.3, -0.25) is 4.79 Å². The maximum Gasteiger partial charge on any atom is 0.338 e. The van der Waals surface area contributed by atoms with E-state index in [0.29, 0.717) is 24.3 Å². The number of rotatable bonds is 6. The summed E-state index contributed by atoms with van der Waals surface area (Å²) < 4.78 is 10.0. The van der Waals surface area contributed by atoms with Gasteiger partial charge in [0.2, 0.25) is 0 Å². The highest BCUT2D eigenvalue weighted by Gasteiger charge is 2.08. The van der Waals surface area contributed by atoms with E-state index in [1.54, 1.807) is 24.3 Å². The fraction of sp³-hybridized carbons (Fsp3) is 0.357. The topological polar surface area (TPSA) is 52.6 Å². The molecule has 1 aromatic rings.